The fourth-order valence-corrected chi connectivity index (χ4v) is 2.72. The molecule has 0 saturated carbocycles. The molecule has 1 aromatic heterocycles. The van der Waals surface area contributed by atoms with Crippen molar-refractivity contribution >= 4 is 17.3 Å². The fourth-order valence-electron chi connectivity index (χ4n) is 2.72. The lowest BCUT2D eigenvalue weighted by molar-refractivity contribution is 0.102. The molecule has 0 spiro atoms. The molecule has 0 radical (unpaired) electrons. The molecule has 0 bridgehead atoms. The third kappa shape index (κ3) is 4.82. The summed E-state index contributed by atoms with van der Waals surface area (Å²) in [4.78, 5) is 16.7. The lowest BCUT2D eigenvalue weighted by Crippen LogP contribution is -2.16. The Morgan fingerprint density at radius 3 is 2.42 bits per heavy atom. The molecule has 2 N–H and O–H groups in total. The summed E-state index contributed by atoms with van der Waals surface area (Å²) in [5.41, 5.74) is 5.53. The van der Waals surface area contributed by atoms with Gasteiger partial charge in [0.2, 0.25) is 0 Å². The van der Waals surface area contributed by atoms with Crippen molar-refractivity contribution in [1.29, 1.82) is 0 Å². The Hall–Kier alpha value is -2.36. The van der Waals surface area contributed by atoms with Gasteiger partial charge in [0.1, 0.15) is 5.69 Å². The molecule has 2 aromatic rings. The van der Waals surface area contributed by atoms with E-state index in [1.54, 1.807) is 12.3 Å². The zero-order valence-corrected chi connectivity index (χ0v) is 15.2. The molecule has 0 fully saturated rings. The van der Waals surface area contributed by atoms with Crippen molar-refractivity contribution in [2.45, 2.75) is 41.0 Å². The molecule has 4 nitrogen and oxygen atoms in total. The van der Waals surface area contributed by atoms with Crippen LogP contribution < -0.4 is 10.6 Å². The minimum absolute atomic E-state index is 0.183. The number of nitrogens with one attached hydrogen (secondary N) is 2. The number of aryl methyl sites for hydroxylation is 3. The van der Waals surface area contributed by atoms with Crippen LogP contribution in [0.2, 0.25) is 0 Å². The van der Waals surface area contributed by atoms with Gasteiger partial charge in [0.25, 0.3) is 5.91 Å². The quantitative estimate of drug-likeness (QED) is 0.808. The molecule has 128 valence electrons. The predicted molar refractivity (Wildman–Crippen MR) is 101 cm³/mol. The Balaban J connectivity index is 2.10. The molecule has 2 rings (SSSR count). The monoisotopic (exact) mass is 325 g/mol. The van der Waals surface area contributed by atoms with E-state index >= 15 is 0 Å². The van der Waals surface area contributed by atoms with Crippen molar-refractivity contribution < 1.29 is 4.79 Å². The van der Waals surface area contributed by atoms with Crippen molar-refractivity contribution in [3.05, 3.63) is 52.8 Å². The summed E-state index contributed by atoms with van der Waals surface area (Å²) in [6.07, 6.45) is 2.76. The van der Waals surface area contributed by atoms with Crippen LogP contribution in [0, 0.1) is 26.7 Å². The Kier molecular flexibility index (Phi) is 5.96. The van der Waals surface area contributed by atoms with Crippen molar-refractivity contribution in [2.75, 3.05) is 17.2 Å². The van der Waals surface area contributed by atoms with Crippen molar-refractivity contribution in [3.8, 4) is 0 Å². The van der Waals surface area contributed by atoms with Gasteiger partial charge in [-0.15, -0.1) is 0 Å². The molecule has 0 aliphatic rings. The second kappa shape index (κ2) is 7.95. The Morgan fingerprint density at radius 1 is 1.12 bits per heavy atom. The number of rotatable bonds is 6. The van der Waals surface area contributed by atoms with Crippen LogP contribution in [0.1, 0.15) is 47.4 Å². The van der Waals surface area contributed by atoms with Gasteiger partial charge < -0.3 is 10.6 Å². The van der Waals surface area contributed by atoms with Crippen LogP contribution in [0.25, 0.3) is 0 Å². The molecule has 0 unspecified atom stereocenters. The maximum Gasteiger partial charge on any atom is 0.274 e. The minimum Gasteiger partial charge on any atom is -0.385 e. The summed E-state index contributed by atoms with van der Waals surface area (Å²) < 4.78 is 0. The number of anilines is 2. The number of aromatic nitrogens is 1. The van der Waals surface area contributed by atoms with Crippen molar-refractivity contribution in [1.82, 2.24) is 4.98 Å². The topological polar surface area (TPSA) is 54.0 Å². The highest BCUT2D eigenvalue weighted by Crippen LogP contribution is 2.22. The first-order valence-corrected chi connectivity index (χ1v) is 8.46. The van der Waals surface area contributed by atoms with E-state index in [1.807, 2.05) is 19.9 Å². The van der Waals surface area contributed by atoms with Crippen LogP contribution in [0.15, 0.2) is 30.5 Å². The zero-order chi connectivity index (χ0) is 17.7. The average molecular weight is 325 g/mol. The van der Waals surface area contributed by atoms with Crippen LogP contribution in [-0.2, 0) is 0 Å². The van der Waals surface area contributed by atoms with Gasteiger partial charge >= 0.3 is 0 Å². The van der Waals surface area contributed by atoms with E-state index in [1.165, 1.54) is 5.56 Å². The van der Waals surface area contributed by atoms with Gasteiger partial charge in [0.05, 0.1) is 0 Å². The van der Waals surface area contributed by atoms with Gasteiger partial charge in [-0.1, -0.05) is 31.5 Å². The first-order chi connectivity index (χ1) is 11.4. The lowest BCUT2D eigenvalue weighted by atomic mass is 10.0. The van der Waals surface area contributed by atoms with Crippen LogP contribution in [0.5, 0.6) is 0 Å². The summed E-state index contributed by atoms with van der Waals surface area (Å²) in [6.45, 7) is 11.3. The number of benzene rings is 1. The number of carbonyl (C=O) groups excluding carboxylic acids is 1. The Bertz CT molecular complexity index is 700. The van der Waals surface area contributed by atoms with Crippen LogP contribution in [0.4, 0.5) is 11.4 Å². The lowest BCUT2D eigenvalue weighted by Gasteiger charge is -2.13. The van der Waals surface area contributed by atoms with E-state index in [2.05, 4.69) is 48.5 Å². The normalized spacial score (nSPS) is 10.8. The average Bonchev–Trinajstić information content (AvgIpc) is 2.50. The van der Waals surface area contributed by atoms with Gasteiger partial charge in [0, 0.05) is 24.1 Å². The maximum absolute atomic E-state index is 12.5. The summed E-state index contributed by atoms with van der Waals surface area (Å²) in [5, 5.41) is 6.34. The molecule has 0 aliphatic carbocycles. The van der Waals surface area contributed by atoms with Gasteiger partial charge in [-0.25, -0.2) is 0 Å². The highest BCUT2D eigenvalue weighted by Gasteiger charge is 2.12. The molecular formula is C20H27N3O. The van der Waals surface area contributed by atoms with Crippen molar-refractivity contribution in [3.63, 3.8) is 0 Å². The molecule has 1 aromatic carbocycles. The largest absolute Gasteiger partial charge is 0.385 e. The molecule has 0 saturated heterocycles. The third-order valence-electron chi connectivity index (χ3n) is 3.96. The van der Waals surface area contributed by atoms with Gasteiger partial charge in [0.15, 0.2) is 0 Å². The van der Waals surface area contributed by atoms with E-state index in [0.29, 0.717) is 11.6 Å². The Labute approximate surface area is 144 Å². The zero-order valence-electron chi connectivity index (χ0n) is 15.2. The summed E-state index contributed by atoms with van der Waals surface area (Å²) >= 11 is 0. The van der Waals surface area contributed by atoms with E-state index in [4.69, 9.17) is 0 Å². The molecule has 24 heavy (non-hydrogen) atoms. The van der Waals surface area contributed by atoms with Gasteiger partial charge in [-0.2, -0.15) is 0 Å². The van der Waals surface area contributed by atoms with E-state index in [9.17, 15) is 4.79 Å². The molecule has 0 aliphatic heterocycles. The van der Waals surface area contributed by atoms with E-state index < -0.39 is 0 Å². The second-order valence-electron chi connectivity index (χ2n) is 6.77. The highest BCUT2D eigenvalue weighted by molar-refractivity contribution is 6.04. The summed E-state index contributed by atoms with van der Waals surface area (Å²) in [7, 11) is 0. The molecule has 1 amide bonds. The van der Waals surface area contributed by atoms with E-state index in [0.717, 1.165) is 35.5 Å². The number of hydrogen-bond donors (Lipinski definition) is 2. The number of nitrogens with zero attached hydrogens (tertiary/aromatic N) is 1. The number of carbonyl (C=O) groups is 1. The summed E-state index contributed by atoms with van der Waals surface area (Å²) in [6, 6.07) is 7.83. The maximum atomic E-state index is 12.5. The Morgan fingerprint density at radius 2 is 1.79 bits per heavy atom. The standard InChI is InChI=1S/C20H27N3O/c1-13(2)6-8-21-17-7-9-22-18(12-17)20(24)23-19-15(4)10-14(3)11-16(19)5/h7,9-13H,6,8H2,1-5H3,(H,21,22)(H,23,24). The summed E-state index contributed by atoms with van der Waals surface area (Å²) in [5.74, 6) is 0.465. The first kappa shape index (κ1) is 18.0. The van der Waals surface area contributed by atoms with Gasteiger partial charge in [-0.05, 0) is 56.4 Å². The first-order valence-electron chi connectivity index (χ1n) is 8.46. The van der Waals surface area contributed by atoms with Crippen LogP contribution in [-0.4, -0.2) is 17.4 Å². The SMILES string of the molecule is Cc1cc(C)c(NC(=O)c2cc(NCCC(C)C)ccn2)c(C)c1. The molecule has 4 heteroatoms. The number of hydrogen-bond acceptors (Lipinski definition) is 3. The van der Waals surface area contributed by atoms with E-state index in [-0.39, 0.29) is 5.91 Å². The molecule has 0 atom stereocenters. The van der Waals surface area contributed by atoms with Crippen molar-refractivity contribution in [2.24, 2.45) is 5.92 Å². The second-order valence-corrected chi connectivity index (χ2v) is 6.77. The van der Waals surface area contributed by atoms with Gasteiger partial charge in [-0.3, -0.25) is 9.78 Å². The smallest absolute Gasteiger partial charge is 0.274 e. The number of pyridine rings is 1. The minimum atomic E-state index is -0.183. The third-order valence-corrected chi connectivity index (χ3v) is 3.96. The highest BCUT2D eigenvalue weighted by atomic mass is 16.1. The van der Waals surface area contributed by atoms with Crippen LogP contribution >= 0.6 is 0 Å². The molecule has 1 heterocycles. The molecular weight excluding hydrogens is 298 g/mol. The van der Waals surface area contributed by atoms with Crippen LogP contribution in [0.3, 0.4) is 0 Å². The predicted octanol–water partition coefficient (Wildman–Crippen LogP) is 4.72. The fraction of sp³-hybridized carbons (Fsp3) is 0.400. The number of amides is 1.